The third kappa shape index (κ3) is 5.34. The van der Waals surface area contributed by atoms with Crippen molar-refractivity contribution >= 4 is 23.1 Å². The average molecular weight is 385 g/mol. The van der Waals surface area contributed by atoms with Crippen molar-refractivity contribution in [3.05, 3.63) is 53.2 Å². The number of ether oxygens (including phenoxy) is 1. The number of nitrogens with one attached hydrogen (secondary N) is 2. The van der Waals surface area contributed by atoms with Crippen molar-refractivity contribution in [1.82, 2.24) is 10.3 Å². The van der Waals surface area contributed by atoms with Gasteiger partial charge in [-0.1, -0.05) is 13.3 Å². The maximum atomic E-state index is 12.1. The Morgan fingerprint density at radius 2 is 2.07 bits per heavy atom. The predicted octanol–water partition coefficient (Wildman–Crippen LogP) is 5.21. The fourth-order valence-corrected chi connectivity index (χ4v) is 3.37. The van der Waals surface area contributed by atoms with Gasteiger partial charge in [0.1, 0.15) is 5.75 Å². The lowest BCUT2D eigenvalue weighted by Crippen LogP contribution is -2.28. The summed E-state index contributed by atoms with van der Waals surface area (Å²) >= 11 is 1.51. The molecule has 0 radical (unpaired) electrons. The van der Waals surface area contributed by atoms with Crippen LogP contribution < -0.4 is 15.4 Å². The fraction of sp³-hybridized carbons (Fsp3) is 0.300. The molecule has 3 aromatic rings. The number of carbonyl (C=O) groups is 1. The molecular formula is C20H23N3O3S. The van der Waals surface area contributed by atoms with Gasteiger partial charge in [0.05, 0.1) is 25.1 Å². The van der Waals surface area contributed by atoms with E-state index in [1.54, 1.807) is 6.26 Å². The first-order valence-electron chi connectivity index (χ1n) is 8.93. The van der Waals surface area contributed by atoms with Crippen LogP contribution in [-0.4, -0.2) is 17.6 Å². The Morgan fingerprint density at radius 3 is 2.78 bits per heavy atom. The van der Waals surface area contributed by atoms with Gasteiger partial charge in [-0.05, 0) is 49.7 Å². The summed E-state index contributed by atoms with van der Waals surface area (Å²) < 4.78 is 11.0. The highest BCUT2D eigenvalue weighted by molar-refractivity contribution is 7.15. The summed E-state index contributed by atoms with van der Waals surface area (Å²) in [6.45, 7) is 5.17. The van der Waals surface area contributed by atoms with Gasteiger partial charge in [-0.2, -0.15) is 0 Å². The van der Waals surface area contributed by atoms with Gasteiger partial charge in [0.2, 0.25) is 0 Å². The molecule has 0 aliphatic rings. The highest BCUT2D eigenvalue weighted by Crippen LogP contribution is 2.28. The topological polar surface area (TPSA) is 76.4 Å². The van der Waals surface area contributed by atoms with Crippen LogP contribution in [-0.2, 0) is 6.54 Å². The van der Waals surface area contributed by atoms with E-state index in [2.05, 4.69) is 22.5 Å². The Balaban J connectivity index is 1.50. The molecule has 0 bridgehead atoms. The van der Waals surface area contributed by atoms with Gasteiger partial charge < -0.3 is 19.8 Å². The van der Waals surface area contributed by atoms with Gasteiger partial charge in [-0.15, -0.1) is 11.3 Å². The first-order valence-corrected chi connectivity index (χ1v) is 9.75. The second kappa shape index (κ2) is 9.23. The smallest absolute Gasteiger partial charge is 0.319 e. The van der Waals surface area contributed by atoms with Crippen molar-refractivity contribution in [2.45, 2.75) is 33.2 Å². The second-order valence-corrected chi connectivity index (χ2v) is 7.12. The summed E-state index contributed by atoms with van der Waals surface area (Å²) in [5.41, 5.74) is 1.60. The highest BCUT2D eigenvalue weighted by atomic mass is 32.1. The third-order valence-electron chi connectivity index (χ3n) is 3.91. The number of anilines is 1. The number of benzene rings is 1. The standard InChI is InChI=1S/C20H23N3O3S/c1-3-4-11-25-16-9-7-15(8-10-16)23-20(24)21-13-18-14(2)22-19(27-18)17-6-5-12-26-17/h5-10,12H,3-4,11,13H2,1-2H3,(H2,21,23,24). The van der Waals surface area contributed by atoms with Crippen molar-refractivity contribution in [2.75, 3.05) is 11.9 Å². The van der Waals surface area contributed by atoms with Crippen LogP contribution in [0.5, 0.6) is 5.75 Å². The number of hydrogen-bond acceptors (Lipinski definition) is 5. The fourth-order valence-electron chi connectivity index (χ4n) is 2.40. The number of aromatic nitrogens is 1. The van der Waals surface area contributed by atoms with E-state index in [1.165, 1.54) is 11.3 Å². The molecule has 0 unspecified atom stereocenters. The Morgan fingerprint density at radius 1 is 1.26 bits per heavy atom. The minimum atomic E-state index is -0.262. The van der Waals surface area contributed by atoms with E-state index in [0.29, 0.717) is 18.8 Å². The van der Waals surface area contributed by atoms with Crippen molar-refractivity contribution in [3.63, 3.8) is 0 Å². The zero-order valence-corrected chi connectivity index (χ0v) is 16.3. The number of unbranched alkanes of at least 4 members (excludes halogenated alkanes) is 1. The zero-order chi connectivity index (χ0) is 19.1. The summed E-state index contributed by atoms with van der Waals surface area (Å²) in [4.78, 5) is 17.6. The van der Waals surface area contributed by atoms with Crippen molar-refractivity contribution in [3.8, 4) is 16.5 Å². The minimum absolute atomic E-state index is 0.262. The van der Waals surface area contributed by atoms with Gasteiger partial charge in [0.15, 0.2) is 10.8 Å². The lowest BCUT2D eigenvalue weighted by atomic mass is 10.3. The molecule has 3 rings (SSSR count). The predicted molar refractivity (Wildman–Crippen MR) is 107 cm³/mol. The maximum Gasteiger partial charge on any atom is 0.319 e. The Kier molecular flexibility index (Phi) is 6.49. The van der Waals surface area contributed by atoms with Crippen molar-refractivity contribution < 1.29 is 13.9 Å². The van der Waals surface area contributed by atoms with Gasteiger partial charge in [-0.25, -0.2) is 9.78 Å². The average Bonchev–Trinajstić information content (AvgIpc) is 3.31. The lowest BCUT2D eigenvalue weighted by Gasteiger charge is -2.09. The third-order valence-corrected chi connectivity index (χ3v) is 5.08. The van der Waals surface area contributed by atoms with Crippen LogP contribution in [0.3, 0.4) is 0 Å². The number of amides is 2. The molecule has 0 saturated heterocycles. The quantitative estimate of drug-likeness (QED) is 0.522. The maximum absolute atomic E-state index is 12.1. The van der Waals surface area contributed by atoms with Crippen LogP contribution in [0.2, 0.25) is 0 Å². The van der Waals surface area contributed by atoms with Crippen LogP contribution in [0.1, 0.15) is 30.3 Å². The zero-order valence-electron chi connectivity index (χ0n) is 15.5. The number of hydrogen-bond donors (Lipinski definition) is 2. The van der Waals surface area contributed by atoms with Gasteiger partial charge in [0.25, 0.3) is 0 Å². The Labute approximate surface area is 162 Å². The lowest BCUT2D eigenvalue weighted by molar-refractivity contribution is 0.252. The SMILES string of the molecule is CCCCOc1ccc(NC(=O)NCc2sc(-c3ccco3)nc2C)cc1. The summed E-state index contributed by atoms with van der Waals surface area (Å²) in [5.74, 6) is 1.54. The number of furan rings is 1. The van der Waals surface area contributed by atoms with Gasteiger partial charge in [-0.3, -0.25) is 0 Å². The molecule has 0 aliphatic carbocycles. The first-order chi connectivity index (χ1) is 13.2. The van der Waals surface area contributed by atoms with Crippen molar-refractivity contribution in [2.24, 2.45) is 0 Å². The van der Waals surface area contributed by atoms with Gasteiger partial charge >= 0.3 is 6.03 Å². The largest absolute Gasteiger partial charge is 0.494 e. The van der Waals surface area contributed by atoms with Crippen LogP contribution in [0, 0.1) is 6.92 Å². The molecule has 0 spiro atoms. The molecule has 0 saturated carbocycles. The number of nitrogens with zero attached hydrogens (tertiary/aromatic N) is 1. The van der Waals surface area contributed by atoms with E-state index in [-0.39, 0.29) is 6.03 Å². The molecule has 2 heterocycles. The Bertz CT molecular complexity index is 857. The Hall–Kier alpha value is -2.80. The molecule has 1 aromatic carbocycles. The number of urea groups is 1. The monoisotopic (exact) mass is 385 g/mol. The number of carbonyl (C=O) groups excluding carboxylic acids is 1. The summed E-state index contributed by atoms with van der Waals surface area (Å²) in [6.07, 6.45) is 3.75. The van der Waals surface area contributed by atoms with E-state index in [1.807, 2.05) is 43.3 Å². The molecule has 27 heavy (non-hydrogen) atoms. The molecular weight excluding hydrogens is 362 g/mol. The van der Waals surface area contributed by atoms with E-state index in [0.717, 1.165) is 39.9 Å². The van der Waals surface area contributed by atoms with Crippen molar-refractivity contribution in [1.29, 1.82) is 0 Å². The second-order valence-electron chi connectivity index (χ2n) is 6.04. The molecule has 6 nitrogen and oxygen atoms in total. The molecule has 2 N–H and O–H groups in total. The summed E-state index contributed by atoms with van der Waals surface area (Å²) in [7, 11) is 0. The van der Waals surface area contributed by atoms with Gasteiger partial charge in [0, 0.05) is 10.6 Å². The summed E-state index contributed by atoms with van der Waals surface area (Å²) in [6, 6.07) is 10.8. The molecule has 2 aromatic heterocycles. The van der Waals surface area contributed by atoms with E-state index in [4.69, 9.17) is 9.15 Å². The number of rotatable bonds is 8. The summed E-state index contributed by atoms with van der Waals surface area (Å²) in [5, 5.41) is 6.50. The van der Waals surface area contributed by atoms with E-state index < -0.39 is 0 Å². The minimum Gasteiger partial charge on any atom is -0.494 e. The molecule has 0 atom stereocenters. The van der Waals surface area contributed by atoms with Crippen LogP contribution in [0.25, 0.3) is 10.8 Å². The molecule has 0 fully saturated rings. The molecule has 142 valence electrons. The first kappa shape index (κ1) is 19.0. The van der Waals surface area contributed by atoms with Crippen LogP contribution in [0.15, 0.2) is 47.1 Å². The normalized spacial score (nSPS) is 10.6. The molecule has 0 aliphatic heterocycles. The van der Waals surface area contributed by atoms with Crippen LogP contribution >= 0.6 is 11.3 Å². The highest BCUT2D eigenvalue weighted by Gasteiger charge is 2.12. The molecule has 2 amide bonds. The van der Waals surface area contributed by atoms with E-state index in [9.17, 15) is 4.79 Å². The number of aryl methyl sites for hydroxylation is 1. The van der Waals surface area contributed by atoms with E-state index >= 15 is 0 Å². The number of thiazole rings is 1. The molecule has 7 heteroatoms. The van der Waals surface area contributed by atoms with Crippen LogP contribution in [0.4, 0.5) is 10.5 Å².